The number of halogens is 1. The minimum absolute atomic E-state index is 0.125. The zero-order valence-electron chi connectivity index (χ0n) is 13.6. The van der Waals surface area contributed by atoms with E-state index in [1.165, 1.54) is 10.5 Å². The summed E-state index contributed by atoms with van der Waals surface area (Å²) >= 11 is 2.28. The summed E-state index contributed by atoms with van der Waals surface area (Å²) in [5, 5.41) is 9.42. The van der Waals surface area contributed by atoms with Crippen LogP contribution in [0.3, 0.4) is 0 Å². The van der Waals surface area contributed by atoms with Crippen LogP contribution in [0, 0.1) is 9.49 Å². The van der Waals surface area contributed by atoms with Crippen LogP contribution in [0.2, 0.25) is 0 Å². The highest BCUT2D eigenvalue weighted by Gasteiger charge is 2.41. The summed E-state index contributed by atoms with van der Waals surface area (Å²) in [5.41, 5.74) is 0.556. The first kappa shape index (κ1) is 18.0. The van der Waals surface area contributed by atoms with Gasteiger partial charge in [-0.15, -0.1) is 0 Å². The van der Waals surface area contributed by atoms with Crippen LogP contribution in [0.25, 0.3) is 0 Å². The van der Waals surface area contributed by atoms with E-state index in [0.717, 1.165) is 9.99 Å². The molecule has 0 aliphatic carbocycles. The van der Waals surface area contributed by atoms with Gasteiger partial charge in [-0.3, -0.25) is 4.90 Å². The number of hydrogen-bond acceptors (Lipinski definition) is 3. The Hall–Kier alpha value is -1.31. The van der Waals surface area contributed by atoms with Crippen LogP contribution in [0.5, 0.6) is 0 Å². The lowest BCUT2D eigenvalue weighted by molar-refractivity contribution is -0.142. The van der Waals surface area contributed by atoms with Gasteiger partial charge in [0, 0.05) is 10.1 Å². The number of benzene rings is 1. The zero-order valence-corrected chi connectivity index (χ0v) is 15.7. The minimum atomic E-state index is -0.971. The summed E-state index contributed by atoms with van der Waals surface area (Å²) in [5.74, 6) is -0.847. The van der Waals surface area contributed by atoms with Crippen molar-refractivity contribution in [1.82, 2.24) is 4.90 Å². The molecule has 1 aliphatic heterocycles. The van der Waals surface area contributed by atoms with E-state index in [1.807, 2.05) is 24.3 Å². The quantitative estimate of drug-likeness (QED) is 0.744. The van der Waals surface area contributed by atoms with Crippen molar-refractivity contribution >= 4 is 34.7 Å². The minimum Gasteiger partial charge on any atom is -0.480 e. The number of aliphatic carboxylic acids is 1. The van der Waals surface area contributed by atoms with Crippen molar-refractivity contribution in [2.24, 2.45) is 5.92 Å². The first-order chi connectivity index (χ1) is 10.7. The lowest BCUT2D eigenvalue weighted by atomic mass is 9.97. The Balaban J connectivity index is 2.10. The van der Waals surface area contributed by atoms with Crippen molar-refractivity contribution in [3.63, 3.8) is 0 Å². The standard InChI is InChI=1S/C17H22INO4/c1-17(2,3)23-16(22)19-10-11(9-14(19)15(20)21)8-12-6-4-5-7-13(12)18/h4-7,11,14H,8-10H2,1-3H3,(H,20,21). The molecule has 1 heterocycles. The molecule has 1 aliphatic rings. The Morgan fingerprint density at radius 3 is 2.57 bits per heavy atom. The third-order valence-corrected chi connectivity index (χ3v) is 4.82. The highest BCUT2D eigenvalue weighted by atomic mass is 127. The van der Waals surface area contributed by atoms with Gasteiger partial charge in [-0.05, 0) is 73.8 Å². The molecule has 2 unspecified atom stereocenters. The SMILES string of the molecule is CC(C)(C)OC(=O)N1CC(Cc2ccccc2I)CC1C(=O)O. The van der Waals surface area contributed by atoms with Gasteiger partial charge in [0.05, 0.1) is 0 Å². The van der Waals surface area contributed by atoms with E-state index in [9.17, 15) is 14.7 Å². The fourth-order valence-electron chi connectivity index (χ4n) is 2.80. The van der Waals surface area contributed by atoms with Crippen LogP contribution in [0.1, 0.15) is 32.8 Å². The Morgan fingerprint density at radius 2 is 2.00 bits per heavy atom. The Morgan fingerprint density at radius 1 is 1.35 bits per heavy atom. The van der Waals surface area contributed by atoms with Gasteiger partial charge in [-0.2, -0.15) is 0 Å². The van der Waals surface area contributed by atoms with Gasteiger partial charge in [-0.1, -0.05) is 18.2 Å². The van der Waals surface area contributed by atoms with E-state index in [1.54, 1.807) is 20.8 Å². The molecule has 1 aromatic carbocycles. The highest BCUT2D eigenvalue weighted by molar-refractivity contribution is 14.1. The van der Waals surface area contributed by atoms with Crippen LogP contribution < -0.4 is 0 Å². The molecule has 5 nitrogen and oxygen atoms in total. The predicted molar refractivity (Wildman–Crippen MR) is 95.3 cm³/mol. The topological polar surface area (TPSA) is 66.8 Å². The van der Waals surface area contributed by atoms with Crippen LogP contribution in [0.4, 0.5) is 4.79 Å². The fraction of sp³-hybridized carbons (Fsp3) is 0.529. The lowest BCUT2D eigenvalue weighted by Gasteiger charge is -2.26. The number of likely N-dealkylation sites (tertiary alicyclic amines) is 1. The van der Waals surface area contributed by atoms with Crippen LogP contribution in [-0.4, -0.2) is 40.3 Å². The largest absolute Gasteiger partial charge is 0.480 e. The third kappa shape index (κ3) is 4.83. The summed E-state index contributed by atoms with van der Waals surface area (Å²) in [7, 11) is 0. The van der Waals surface area contributed by atoms with Gasteiger partial charge in [0.1, 0.15) is 11.6 Å². The second kappa shape index (κ2) is 7.07. The number of carbonyl (C=O) groups is 2. The second-order valence-electron chi connectivity index (χ2n) is 6.88. The molecule has 0 aromatic heterocycles. The van der Waals surface area contributed by atoms with E-state index in [4.69, 9.17) is 4.74 Å². The van der Waals surface area contributed by atoms with Gasteiger partial charge in [0.25, 0.3) is 0 Å². The number of rotatable bonds is 3. The van der Waals surface area contributed by atoms with Crippen molar-refractivity contribution in [3.05, 3.63) is 33.4 Å². The number of hydrogen-bond donors (Lipinski definition) is 1. The first-order valence-corrected chi connectivity index (χ1v) is 8.71. The maximum atomic E-state index is 12.3. The average molecular weight is 431 g/mol. The van der Waals surface area contributed by atoms with Gasteiger partial charge >= 0.3 is 12.1 Å². The number of carbonyl (C=O) groups excluding carboxylic acids is 1. The smallest absolute Gasteiger partial charge is 0.411 e. The average Bonchev–Trinajstić information content (AvgIpc) is 2.84. The van der Waals surface area contributed by atoms with Crippen LogP contribution in [0.15, 0.2) is 24.3 Å². The predicted octanol–water partition coefficient (Wildman–Crippen LogP) is 3.54. The van der Waals surface area contributed by atoms with Crippen molar-refractivity contribution in [2.45, 2.75) is 45.3 Å². The summed E-state index contributed by atoms with van der Waals surface area (Å²) in [4.78, 5) is 25.1. The molecule has 0 spiro atoms. The van der Waals surface area contributed by atoms with Crippen molar-refractivity contribution in [1.29, 1.82) is 0 Å². The summed E-state index contributed by atoms with van der Waals surface area (Å²) in [6, 6.07) is 7.23. The van der Waals surface area contributed by atoms with Crippen LogP contribution in [-0.2, 0) is 16.0 Å². The van der Waals surface area contributed by atoms with E-state index < -0.39 is 23.7 Å². The fourth-order valence-corrected chi connectivity index (χ4v) is 3.41. The van der Waals surface area contributed by atoms with E-state index in [2.05, 4.69) is 22.6 Å². The molecule has 23 heavy (non-hydrogen) atoms. The van der Waals surface area contributed by atoms with Crippen molar-refractivity contribution < 1.29 is 19.4 Å². The van der Waals surface area contributed by atoms with E-state index in [-0.39, 0.29) is 5.92 Å². The van der Waals surface area contributed by atoms with E-state index in [0.29, 0.717) is 13.0 Å². The maximum Gasteiger partial charge on any atom is 0.411 e. The molecule has 1 N–H and O–H groups in total. The van der Waals surface area contributed by atoms with Gasteiger partial charge in [0.2, 0.25) is 0 Å². The normalized spacial score (nSPS) is 21.3. The summed E-state index contributed by atoms with van der Waals surface area (Å²) in [6.45, 7) is 5.75. The molecule has 2 atom stereocenters. The molecule has 0 radical (unpaired) electrons. The number of amides is 1. The second-order valence-corrected chi connectivity index (χ2v) is 8.05. The van der Waals surface area contributed by atoms with Gasteiger partial charge in [0.15, 0.2) is 0 Å². The molecule has 0 saturated carbocycles. The molecule has 1 aromatic rings. The van der Waals surface area contributed by atoms with Crippen molar-refractivity contribution in [3.8, 4) is 0 Å². The lowest BCUT2D eigenvalue weighted by Crippen LogP contribution is -2.43. The van der Waals surface area contributed by atoms with Crippen molar-refractivity contribution in [2.75, 3.05) is 6.54 Å². The monoisotopic (exact) mass is 431 g/mol. The third-order valence-electron chi connectivity index (χ3n) is 3.77. The zero-order chi connectivity index (χ0) is 17.2. The molecular weight excluding hydrogens is 409 g/mol. The van der Waals surface area contributed by atoms with Gasteiger partial charge in [-0.25, -0.2) is 9.59 Å². The maximum absolute atomic E-state index is 12.3. The first-order valence-electron chi connectivity index (χ1n) is 7.63. The molecular formula is C17H22INO4. The Bertz CT molecular complexity index is 597. The number of ether oxygens (including phenoxy) is 1. The van der Waals surface area contributed by atoms with E-state index >= 15 is 0 Å². The number of nitrogens with zero attached hydrogens (tertiary/aromatic N) is 1. The Labute approximate surface area is 150 Å². The number of carboxylic acids is 1. The highest BCUT2D eigenvalue weighted by Crippen LogP contribution is 2.29. The molecule has 1 amide bonds. The molecule has 0 bridgehead atoms. The van der Waals surface area contributed by atoms with Gasteiger partial charge < -0.3 is 9.84 Å². The molecule has 1 saturated heterocycles. The van der Waals surface area contributed by atoms with Crippen LogP contribution >= 0.6 is 22.6 Å². The molecule has 2 rings (SSSR count). The summed E-state index contributed by atoms with van der Waals surface area (Å²) in [6.07, 6.45) is 0.678. The number of carboxylic acid groups (broad SMARTS) is 1. The Kier molecular flexibility index (Phi) is 5.54. The molecule has 6 heteroatoms. The summed E-state index contributed by atoms with van der Waals surface area (Å²) < 4.78 is 6.51. The molecule has 1 fully saturated rings. The molecule has 126 valence electrons.